The average Bonchev–Trinajstić information content (AvgIpc) is 2.03. The topological polar surface area (TPSA) is 9.23 Å². The second-order valence-corrected chi connectivity index (χ2v) is 4.28. The molecule has 12 heavy (non-hydrogen) atoms. The lowest BCUT2D eigenvalue weighted by molar-refractivity contribution is 0.622. The first-order valence-electron chi connectivity index (χ1n) is 3.76. The zero-order valence-corrected chi connectivity index (χ0v) is 9.10. The highest BCUT2D eigenvalue weighted by Gasteiger charge is 1.94. The van der Waals surface area contributed by atoms with E-state index in [4.69, 9.17) is 4.52 Å². The lowest BCUT2D eigenvalue weighted by atomic mass is 10.3. The molecule has 0 radical (unpaired) electrons. The lowest BCUT2D eigenvalue weighted by Crippen LogP contribution is -1.87. The third-order valence-corrected chi connectivity index (χ3v) is 1.98. The van der Waals surface area contributed by atoms with Gasteiger partial charge in [0.15, 0.2) is 0 Å². The molecule has 1 nitrogen and oxygen atoms in total. The van der Waals surface area contributed by atoms with E-state index in [0.29, 0.717) is 14.5 Å². The number of hydrogen-bond donors (Lipinski definition) is 0. The van der Waals surface area contributed by atoms with Crippen LogP contribution < -0.4 is 4.52 Å². The van der Waals surface area contributed by atoms with Crippen molar-refractivity contribution < 1.29 is 4.52 Å². The molecule has 0 saturated heterocycles. The minimum absolute atomic E-state index is 0. The Labute approximate surface area is 81.8 Å². The van der Waals surface area contributed by atoms with Gasteiger partial charge in [-0.1, -0.05) is 32.0 Å². The molecule has 0 fully saturated rings. The molecule has 1 atom stereocenters. The van der Waals surface area contributed by atoms with Crippen molar-refractivity contribution >= 4 is 21.2 Å². The van der Waals surface area contributed by atoms with E-state index in [2.05, 4.69) is 13.8 Å². The van der Waals surface area contributed by atoms with Gasteiger partial charge in [-0.2, -0.15) is 0 Å². The van der Waals surface area contributed by atoms with Crippen LogP contribution in [0.15, 0.2) is 30.3 Å². The highest BCUT2D eigenvalue weighted by Crippen LogP contribution is 2.23. The molecule has 0 spiro atoms. The van der Waals surface area contributed by atoms with Gasteiger partial charge in [-0.25, -0.2) is 0 Å². The van der Waals surface area contributed by atoms with Crippen molar-refractivity contribution in [2.24, 2.45) is 0 Å². The Kier molecular flexibility index (Phi) is 6.14. The highest BCUT2D eigenvalue weighted by atomic mass is 35.5. The van der Waals surface area contributed by atoms with E-state index in [1.807, 2.05) is 30.3 Å². The molecule has 0 bridgehead atoms. The number of rotatable bonds is 3. The summed E-state index contributed by atoms with van der Waals surface area (Å²) in [4.78, 5) is 0. The van der Waals surface area contributed by atoms with Gasteiger partial charge in [-0.05, 0) is 12.1 Å². The summed E-state index contributed by atoms with van der Waals surface area (Å²) in [5, 5.41) is 0. The van der Waals surface area contributed by atoms with Crippen LogP contribution in [0.4, 0.5) is 0 Å². The highest BCUT2D eigenvalue weighted by molar-refractivity contribution is 7.33. The van der Waals surface area contributed by atoms with Crippen LogP contribution in [0.5, 0.6) is 5.75 Å². The number of benzene rings is 1. The fourth-order valence-electron chi connectivity index (χ4n) is 0.674. The molecular formula is C9H14ClOP. The molecule has 1 rings (SSSR count). The largest absolute Gasteiger partial charge is 0.477 e. The smallest absolute Gasteiger partial charge is 0.122 e. The fraction of sp³-hybridized carbons (Fsp3) is 0.333. The minimum atomic E-state index is 0. The Balaban J connectivity index is 0.00000121. The van der Waals surface area contributed by atoms with E-state index in [0.717, 1.165) is 5.75 Å². The SMILES string of the molecule is CC(C)POc1ccccc1.Cl. The zero-order valence-electron chi connectivity index (χ0n) is 7.28. The predicted octanol–water partition coefficient (Wildman–Crippen LogP) is 3.49. The van der Waals surface area contributed by atoms with Crippen molar-refractivity contribution in [3.05, 3.63) is 30.3 Å². The summed E-state index contributed by atoms with van der Waals surface area (Å²) in [7, 11) is 0.566. The molecule has 0 aliphatic heterocycles. The van der Waals surface area contributed by atoms with E-state index < -0.39 is 0 Å². The Morgan fingerprint density at radius 1 is 1.17 bits per heavy atom. The maximum Gasteiger partial charge on any atom is 0.122 e. The molecule has 3 heteroatoms. The quantitative estimate of drug-likeness (QED) is 0.685. The molecule has 1 aromatic rings. The Hall–Kier alpha value is -0.260. The van der Waals surface area contributed by atoms with Gasteiger partial charge in [0.05, 0.1) is 8.81 Å². The first-order chi connectivity index (χ1) is 5.29. The molecule has 1 unspecified atom stereocenters. The van der Waals surface area contributed by atoms with Crippen LogP contribution in [-0.4, -0.2) is 5.66 Å². The van der Waals surface area contributed by atoms with Gasteiger partial charge in [0, 0.05) is 5.66 Å². The van der Waals surface area contributed by atoms with Crippen molar-refractivity contribution in [2.45, 2.75) is 19.5 Å². The number of halogens is 1. The van der Waals surface area contributed by atoms with Crippen LogP contribution in [-0.2, 0) is 0 Å². The van der Waals surface area contributed by atoms with Gasteiger partial charge in [-0.15, -0.1) is 12.4 Å². The molecule has 0 N–H and O–H groups in total. The van der Waals surface area contributed by atoms with Crippen molar-refractivity contribution in [3.63, 3.8) is 0 Å². The lowest BCUT2D eigenvalue weighted by Gasteiger charge is -2.06. The predicted molar refractivity (Wildman–Crippen MR) is 57.8 cm³/mol. The Morgan fingerprint density at radius 3 is 2.25 bits per heavy atom. The summed E-state index contributed by atoms with van der Waals surface area (Å²) in [6.45, 7) is 4.31. The summed E-state index contributed by atoms with van der Waals surface area (Å²) >= 11 is 0. The van der Waals surface area contributed by atoms with E-state index in [1.54, 1.807) is 0 Å². The maximum atomic E-state index is 5.50. The van der Waals surface area contributed by atoms with Crippen molar-refractivity contribution in [1.29, 1.82) is 0 Å². The summed E-state index contributed by atoms with van der Waals surface area (Å²) in [6, 6.07) is 9.93. The summed E-state index contributed by atoms with van der Waals surface area (Å²) in [5.41, 5.74) is 0.621. The standard InChI is InChI=1S/C9H13OP.ClH/c1-8(2)11-10-9-6-4-3-5-7-9;/h3-8,11H,1-2H3;1H. The van der Waals surface area contributed by atoms with Crippen LogP contribution in [0.2, 0.25) is 0 Å². The van der Waals surface area contributed by atoms with Gasteiger partial charge in [0.25, 0.3) is 0 Å². The normalized spacial score (nSPS) is 10.2. The van der Waals surface area contributed by atoms with Gasteiger partial charge >= 0.3 is 0 Å². The fourth-order valence-corrected chi connectivity index (χ4v) is 1.18. The second-order valence-electron chi connectivity index (χ2n) is 2.69. The molecule has 0 aliphatic rings. The zero-order chi connectivity index (χ0) is 8.10. The van der Waals surface area contributed by atoms with Gasteiger partial charge < -0.3 is 4.52 Å². The molecular weight excluding hydrogens is 191 g/mol. The van der Waals surface area contributed by atoms with Crippen molar-refractivity contribution in [3.8, 4) is 5.75 Å². The Bertz CT molecular complexity index is 201. The van der Waals surface area contributed by atoms with Gasteiger partial charge in [-0.3, -0.25) is 0 Å². The minimum Gasteiger partial charge on any atom is -0.477 e. The molecule has 0 saturated carbocycles. The molecule has 1 aromatic carbocycles. The van der Waals surface area contributed by atoms with Crippen molar-refractivity contribution in [2.75, 3.05) is 0 Å². The van der Waals surface area contributed by atoms with Crippen LogP contribution in [0.25, 0.3) is 0 Å². The third kappa shape index (κ3) is 4.58. The maximum absolute atomic E-state index is 5.50. The van der Waals surface area contributed by atoms with E-state index in [1.165, 1.54) is 0 Å². The van der Waals surface area contributed by atoms with Crippen LogP contribution in [0.1, 0.15) is 13.8 Å². The van der Waals surface area contributed by atoms with Crippen LogP contribution >= 0.6 is 21.2 Å². The van der Waals surface area contributed by atoms with Gasteiger partial charge in [0.2, 0.25) is 0 Å². The molecule has 0 aromatic heterocycles. The second kappa shape index (κ2) is 6.28. The average molecular weight is 205 g/mol. The molecule has 0 heterocycles. The van der Waals surface area contributed by atoms with Crippen LogP contribution in [0, 0.1) is 0 Å². The van der Waals surface area contributed by atoms with E-state index >= 15 is 0 Å². The third-order valence-electron chi connectivity index (χ3n) is 1.16. The summed E-state index contributed by atoms with van der Waals surface area (Å²) < 4.78 is 5.50. The monoisotopic (exact) mass is 204 g/mol. The first kappa shape index (κ1) is 11.7. The van der Waals surface area contributed by atoms with Crippen molar-refractivity contribution in [1.82, 2.24) is 0 Å². The molecule has 0 amide bonds. The number of hydrogen-bond acceptors (Lipinski definition) is 1. The van der Waals surface area contributed by atoms with E-state index in [9.17, 15) is 0 Å². The summed E-state index contributed by atoms with van der Waals surface area (Å²) in [6.07, 6.45) is 0. The molecule has 68 valence electrons. The van der Waals surface area contributed by atoms with Gasteiger partial charge in [0.1, 0.15) is 5.75 Å². The van der Waals surface area contributed by atoms with E-state index in [-0.39, 0.29) is 12.4 Å². The van der Waals surface area contributed by atoms with Crippen LogP contribution in [0.3, 0.4) is 0 Å². The Morgan fingerprint density at radius 2 is 1.75 bits per heavy atom. The summed E-state index contributed by atoms with van der Waals surface area (Å²) in [5.74, 6) is 0.972. The number of para-hydroxylation sites is 1. The first-order valence-corrected chi connectivity index (χ1v) is 4.75. The molecule has 0 aliphatic carbocycles.